The number of likely N-dealkylation sites (N-methyl/N-ethyl adjacent to an activating group) is 1. The van der Waals surface area contributed by atoms with Crippen LogP contribution in [0, 0.1) is 0 Å². The molecule has 2 aromatic rings. The van der Waals surface area contributed by atoms with Crippen molar-refractivity contribution in [2.45, 2.75) is 19.4 Å². The Hall–Kier alpha value is -1.55. The molecule has 17 heavy (non-hydrogen) atoms. The molecule has 0 spiro atoms. The van der Waals surface area contributed by atoms with Crippen LogP contribution in [0.25, 0.3) is 11.0 Å². The SMILES string of the molecule is CCN1CCC(n2c(=O)[nH]c3ccccc32)C1. The third kappa shape index (κ3) is 1.69. The highest BCUT2D eigenvalue weighted by molar-refractivity contribution is 5.75. The van der Waals surface area contributed by atoms with Crippen LogP contribution in [0.3, 0.4) is 0 Å². The first-order valence-electron chi connectivity index (χ1n) is 6.21. The maximum Gasteiger partial charge on any atom is 0.326 e. The Bertz CT molecular complexity index is 584. The van der Waals surface area contributed by atoms with E-state index >= 15 is 0 Å². The van der Waals surface area contributed by atoms with Gasteiger partial charge in [0.1, 0.15) is 0 Å². The first-order valence-corrected chi connectivity index (χ1v) is 6.21. The van der Waals surface area contributed by atoms with Crippen LogP contribution in [0.2, 0.25) is 0 Å². The van der Waals surface area contributed by atoms with Crippen molar-refractivity contribution < 1.29 is 0 Å². The number of aromatic amines is 1. The molecule has 1 aliphatic heterocycles. The molecule has 0 bridgehead atoms. The molecule has 1 atom stereocenters. The van der Waals surface area contributed by atoms with Crippen LogP contribution in [0.1, 0.15) is 19.4 Å². The summed E-state index contributed by atoms with van der Waals surface area (Å²) in [7, 11) is 0. The lowest BCUT2D eigenvalue weighted by atomic mass is 10.2. The molecule has 1 unspecified atom stereocenters. The number of rotatable bonds is 2. The van der Waals surface area contributed by atoms with Crippen LogP contribution in [0.15, 0.2) is 29.1 Å². The number of hydrogen-bond acceptors (Lipinski definition) is 2. The molecule has 1 aromatic carbocycles. The van der Waals surface area contributed by atoms with Crippen LogP contribution < -0.4 is 5.69 Å². The van der Waals surface area contributed by atoms with Gasteiger partial charge in [0.2, 0.25) is 0 Å². The predicted molar refractivity (Wildman–Crippen MR) is 68.3 cm³/mol. The number of fused-ring (bicyclic) bond motifs is 1. The van der Waals surface area contributed by atoms with Gasteiger partial charge in [-0.2, -0.15) is 0 Å². The van der Waals surface area contributed by atoms with Crippen LogP contribution >= 0.6 is 0 Å². The van der Waals surface area contributed by atoms with Crippen molar-refractivity contribution in [1.82, 2.24) is 14.5 Å². The van der Waals surface area contributed by atoms with E-state index in [2.05, 4.69) is 16.8 Å². The maximum absolute atomic E-state index is 12.0. The van der Waals surface area contributed by atoms with Gasteiger partial charge in [-0.1, -0.05) is 19.1 Å². The summed E-state index contributed by atoms with van der Waals surface area (Å²) in [5.41, 5.74) is 1.99. The molecule has 4 heteroatoms. The van der Waals surface area contributed by atoms with E-state index in [1.54, 1.807) is 0 Å². The van der Waals surface area contributed by atoms with E-state index in [1.807, 2.05) is 28.8 Å². The first kappa shape index (κ1) is 10.6. The van der Waals surface area contributed by atoms with Gasteiger partial charge < -0.3 is 9.88 Å². The van der Waals surface area contributed by atoms with E-state index in [0.29, 0.717) is 6.04 Å². The normalized spacial score (nSPS) is 21.4. The Morgan fingerprint density at radius 3 is 3.00 bits per heavy atom. The summed E-state index contributed by atoms with van der Waals surface area (Å²) >= 11 is 0. The number of nitrogens with zero attached hydrogens (tertiary/aromatic N) is 2. The molecule has 1 N–H and O–H groups in total. The topological polar surface area (TPSA) is 41.0 Å². The number of aromatic nitrogens is 2. The highest BCUT2D eigenvalue weighted by Crippen LogP contribution is 2.23. The number of likely N-dealkylation sites (tertiary alicyclic amines) is 1. The fraction of sp³-hybridized carbons (Fsp3) is 0.462. The average molecular weight is 231 g/mol. The Balaban J connectivity index is 2.06. The zero-order chi connectivity index (χ0) is 11.8. The second kappa shape index (κ2) is 4.04. The maximum atomic E-state index is 12.0. The number of H-pyrrole nitrogens is 1. The molecule has 1 saturated heterocycles. The van der Waals surface area contributed by atoms with Gasteiger partial charge in [0.05, 0.1) is 17.1 Å². The minimum absolute atomic E-state index is 0.0224. The second-order valence-corrected chi connectivity index (χ2v) is 4.65. The van der Waals surface area contributed by atoms with Crippen molar-refractivity contribution in [2.75, 3.05) is 19.6 Å². The molecule has 0 aliphatic carbocycles. The van der Waals surface area contributed by atoms with E-state index in [1.165, 1.54) is 0 Å². The monoisotopic (exact) mass is 231 g/mol. The van der Waals surface area contributed by atoms with Crippen LogP contribution in [0.5, 0.6) is 0 Å². The predicted octanol–water partition coefficient (Wildman–Crippen LogP) is 1.60. The largest absolute Gasteiger partial charge is 0.326 e. The fourth-order valence-corrected chi connectivity index (χ4v) is 2.75. The molecular formula is C13H17N3O. The summed E-state index contributed by atoms with van der Waals surface area (Å²) in [5, 5.41) is 0. The molecule has 0 radical (unpaired) electrons. The number of benzene rings is 1. The Kier molecular flexibility index (Phi) is 2.52. The molecule has 1 fully saturated rings. The van der Waals surface area contributed by atoms with Crippen molar-refractivity contribution in [3.8, 4) is 0 Å². The van der Waals surface area contributed by atoms with Gasteiger partial charge in [0.25, 0.3) is 0 Å². The quantitative estimate of drug-likeness (QED) is 0.853. The van der Waals surface area contributed by atoms with Gasteiger partial charge in [0, 0.05) is 13.1 Å². The third-order valence-electron chi connectivity index (χ3n) is 3.68. The fourth-order valence-electron chi connectivity index (χ4n) is 2.75. The van der Waals surface area contributed by atoms with E-state index in [4.69, 9.17) is 0 Å². The third-order valence-corrected chi connectivity index (χ3v) is 3.68. The zero-order valence-electron chi connectivity index (χ0n) is 10.0. The van der Waals surface area contributed by atoms with E-state index in [0.717, 1.165) is 37.1 Å². The van der Waals surface area contributed by atoms with Gasteiger partial charge in [-0.05, 0) is 25.1 Å². The number of hydrogen-bond donors (Lipinski definition) is 1. The molecule has 1 aromatic heterocycles. The average Bonchev–Trinajstić information content (AvgIpc) is 2.91. The first-order chi connectivity index (χ1) is 8.29. The van der Waals surface area contributed by atoms with Crippen molar-refractivity contribution in [1.29, 1.82) is 0 Å². The summed E-state index contributed by atoms with van der Waals surface area (Å²) in [6, 6.07) is 8.23. The van der Waals surface area contributed by atoms with E-state index in [-0.39, 0.29) is 5.69 Å². The smallest absolute Gasteiger partial charge is 0.306 e. The minimum atomic E-state index is 0.0224. The molecule has 4 nitrogen and oxygen atoms in total. The summed E-state index contributed by atoms with van der Waals surface area (Å²) in [6.07, 6.45) is 1.07. The lowest BCUT2D eigenvalue weighted by Gasteiger charge is -2.14. The summed E-state index contributed by atoms with van der Waals surface area (Å²) in [5.74, 6) is 0. The minimum Gasteiger partial charge on any atom is -0.306 e. The van der Waals surface area contributed by atoms with Gasteiger partial charge in [0.15, 0.2) is 0 Å². The zero-order valence-corrected chi connectivity index (χ0v) is 10.0. The van der Waals surface area contributed by atoms with Crippen molar-refractivity contribution >= 4 is 11.0 Å². The van der Waals surface area contributed by atoms with Gasteiger partial charge in [-0.3, -0.25) is 4.57 Å². The van der Waals surface area contributed by atoms with E-state index < -0.39 is 0 Å². The molecule has 0 amide bonds. The highest BCUT2D eigenvalue weighted by Gasteiger charge is 2.25. The Morgan fingerprint density at radius 2 is 2.24 bits per heavy atom. The molecule has 3 rings (SSSR count). The van der Waals surface area contributed by atoms with Crippen LogP contribution in [-0.4, -0.2) is 34.1 Å². The van der Waals surface area contributed by atoms with Gasteiger partial charge in [-0.15, -0.1) is 0 Å². The van der Waals surface area contributed by atoms with Crippen LogP contribution in [0.4, 0.5) is 0 Å². The lowest BCUT2D eigenvalue weighted by Crippen LogP contribution is -2.26. The molecule has 90 valence electrons. The van der Waals surface area contributed by atoms with Crippen LogP contribution in [-0.2, 0) is 0 Å². The second-order valence-electron chi connectivity index (χ2n) is 4.65. The number of para-hydroxylation sites is 2. The number of imidazole rings is 1. The Labute approximate surface area is 99.9 Å². The van der Waals surface area contributed by atoms with Gasteiger partial charge in [-0.25, -0.2) is 4.79 Å². The molecular weight excluding hydrogens is 214 g/mol. The standard InChI is InChI=1S/C13H17N3O/c1-2-15-8-7-10(9-15)16-12-6-4-3-5-11(12)14-13(16)17/h3-6,10H,2,7-9H2,1H3,(H,14,17). The summed E-state index contributed by atoms with van der Waals surface area (Å²) < 4.78 is 1.92. The lowest BCUT2D eigenvalue weighted by molar-refractivity contribution is 0.341. The van der Waals surface area contributed by atoms with E-state index in [9.17, 15) is 4.79 Å². The van der Waals surface area contributed by atoms with Gasteiger partial charge >= 0.3 is 5.69 Å². The van der Waals surface area contributed by atoms with Crippen molar-refractivity contribution in [2.24, 2.45) is 0 Å². The van der Waals surface area contributed by atoms with Crippen molar-refractivity contribution in [3.63, 3.8) is 0 Å². The molecule has 0 saturated carbocycles. The molecule has 2 heterocycles. The summed E-state index contributed by atoms with van der Waals surface area (Å²) in [4.78, 5) is 17.3. The summed E-state index contributed by atoms with van der Waals surface area (Å²) in [6.45, 7) is 5.30. The highest BCUT2D eigenvalue weighted by atomic mass is 16.1. The van der Waals surface area contributed by atoms with Crippen molar-refractivity contribution in [3.05, 3.63) is 34.7 Å². The Morgan fingerprint density at radius 1 is 1.41 bits per heavy atom. The molecule has 1 aliphatic rings. The number of nitrogens with one attached hydrogen (secondary N) is 1.